The molecule has 0 aromatic heterocycles. The van der Waals surface area contributed by atoms with Crippen molar-refractivity contribution >= 4 is 29.1 Å². The number of benzene rings is 3. The van der Waals surface area contributed by atoms with Gasteiger partial charge in [-0.25, -0.2) is 4.39 Å². The van der Waals surface area contributed by atoms with E-state index in [0.717, 1.165) is 16.7 Å². The Hall–Kier alpha value is -3.38. The van der Waals surface area contributed by atoms with Crippen LogP contribution in [0.15, 0.2) is 60.7 Å². The number of amides is 2. The minimum atomic E-state index is -1.21. The topological polar surface area (TPSA) is 67.4 Å². The number of carbonyl (C=O) groups is 2. The van der Waals surface area contributed by atoms with E-state index in [2.05, 4.69) is 10.6 Å². The van der Waals surface area contributed by atoms with Crippen molar-refractivity contribution < 1.29 is 18.7 Å². The molecule has 2 aliphatic rings. The van der Waals surface area contributed by atoms with E-state index in [1.165, 1.54) is 12.1 Å². The van der Waals surface area contributed by atoms with E-state index in [9.17, 15) is 14.0 Å². The van der Waals surface area contributed by atoms with Crippen molar-refractivity contribution in [3.8, 4) is 5.75 Å². The zero-order chi connectivity index (χ0) is 23.3. The second-order valence-corrected chi connectivity index (χ2v) is 8.98. The molecule has 0 saturated carbocycles. The first kappa shape index (κ1) is 21.5. The summed E-state index contributed by atoms with van der Waals surface area (Å²) in [6.07, 6.45) is 0.0874. The third-order valence-corrected chi connectivity index (χ3v) is 7.03. The van der Waals surface area contributed by atoms with Crippen LogP contribution >= 0.6 is 11.6 Å². The van der Waals surface area contributed by atoms with Gasteiger partial charge >= 0.3 is 0 Å². The van der Waals surface area contributed by atoms with Crippen LogP contribution in [0.2, 0.25) is 5.02 Å². The van der Waals surface area contributed by atoms with Gasteiger partial charge < -0.3 is 15.4 Å². The number of rotatable bonds is 3. The number of hydrogen-bond donors (Lipinski definition) is 2. The molecule has 168 valence electrons. The molecular formula is C26H22ClFN2O3. The lowest BCUT2D eigenvalue weighted by Gasteiger charge is -2.46. The van der Waals surface area contributed by atoms with Gasteiger partial charge in [-0.1, -0.05) is 35.9 Å². The Balaban J connectivity index is 1.82. The highest BCUT2D eigenvalue weighted by Gasteiger charge is 2.61. The molecule has 2 heterocycles. The molecule has 7 heteroatoms. The molecule has 0 aliphatic carbocycles. The molecule has 1 saturated heterocycles. The van der Waals surface area contributed by atoms with Gasteiger partial charge in [0.2, 0.25) is 11.8 Å². The zero-order valence-electron chi connectivity index (χ0n) is 18.1. The van der Waals surface area contributed by atoms with Crippen LogP contribution in [0.4, 0.5) is 10.1 Å². The highest BCUT2D eigenvalue weighted by atomic mass is 35.5. The summed E-state index contributed by atoms with van der Waals surface area (Å²) in [6.45, 7) is 1.85. The van der Waals surface area contributed by atoms with Gasteiger partial charge in [0.05, 0.1) is 13.2 Å². The normalized spacial score (nSPS) is 23.8. The summed E-state index contributed by atoms with van der Waals surface area (Å²) in [5.41, 5.74) is 2.25. The number of carbonyl (C=O) groups excluding carboxylic acids is 2. The summed E-state index contributed by atoms with van der Waals surface area (Å²) < 4.78 is 19.7. The highest BCUT2D eigenvalue weighted by Crippen LogP contribution is 2.58. The number of aryl methyl sites for hydroxylation is 1. The highest BCUT2D eigenvalue weighted by molar-refractivity contribution is 6.30. The van der Waals surface area contributed by atoms with Gasteiger partial charge in [-0.15, -0.1) is 0 Å². The molecule has 3 unspecified atom stereocenters. The van der Waals surface area contributed by atoms with E-state index in [0.29, 0.717) is 22.0 Å². The predicted molar refractivity (Wildman–Crippen MR) is 124 cm³/mol. The molecule has 3 atom stereocenters. The average molecular weight is 465 g/mol. The van der Waals surface area contributed by atoms with Gasteiger partial charge in [0.25, 0.3) is 0 Å². The van der Waals surface area contributed by atoms with Crippen molar-refractivity contribution in [2.45, 2.75) is 30.7 Å². The first-order valence-corrected chi connectivity index (χ1v) is 11.0. The average Bonchev–Trinajstić information content (AvgIpc) is 3.08. The maximum Gasteiger partial charge on any atom is 0.238 e. The summed E-state index contributed by atoms with van der Waals surface area (Å²) in [7, 11) is 1.56. The fourth-order valence-corrected chi connectivity index (χ4v) is 5.52. The lowest BCUT2D eigenvalue weighted by Crippen LogP contribution is -2.57. The Labute approximate surface area is 195 Å². The Kier molecular flexibility index (Phi) is 5.13. The molecule has 5 nitrogen and oxygen atoms in total. The second-order valence-electron chi connectivity index (χ2n) is 8.55. The van der Waals surface area contributed by atoms with E-state index in [1.54, 1.807) is 37.4 Å². The van der Waals surface area contributed by atoms with Crippen molar-refractivity contribution in [3.63, 3.8) is 0 Å². The van der Waals surface area contributed by atoms with Crippen LogP contribution in [0.1, 0.15) is 40.6 Å². The zero-order valence-corrected chi connectivity index (χ0v) is 18.9. The Bertz CT molecular complexity index is 1290. The minimum Gasteiger partial charge on any atom is -0.497 e. The van der Waals surface area contributed by atoms with E-state index in [4.69, 9.17) is 16.3 Å². The van der Waals surface area contributed by atoms with Crippen LogP contribution in [0.25, 0.3) is 0 Å². The molecule has 3 aromatic carbocycles. The van der Waals surface area contributed by atoms with Crippen molar-refractivity contribution in [2.75, 3.05) is 12.4 Å². The van der Waals surface area contributed by atoms with Gasteiger partial charge in [-0.05, 0) is 59.5 Å². The number of piperidine rings is 1. The van der Waals surface area contributed by atoms with E-state index in [1.807, 2.05) is 25.1 Å². The fourth-order valence-electron chi connectivity index (χ4n) is 5.33. The van der Waals surface area contributed by atoms with Gasteiger partial charge in [-0.3, -0.25) is 9.59 Å². The van der Waals surface area contributed by atoms with Crippen LogP contribution in [0.5, 0.6) is 5.75 Å². The summed E-state index contributed by atoms with van der Waals surface area (Å²) in [4.78, 5) is 26.9. The predicted octanol–water partition coefficient (Wildman–Crippen LogP) is 5.03. The lowest BCUT2D eigenvalue weighted by molar-refractivity contribution is -0.131. The van der Waals surface area contributed by atoms with Gasteiger partial charge in [0.1, 0.15) is 17.0 Å². The molecule has 0 radical (unpaired) electrons. The van der Waals surface area contributed by atoms with Crippen molar-refractivity contribution in [2.24, 2.45) is 0 Å². The van der Waals surface area contributed by atoms with E-state index < -0.39 is 23.2 Å². The standard InChI is InChI=1S/C26H22ClFN2O3/c1-14-6-7-17(28)11-19(14)24-26(20-9-8-18(33-2)12-22(20)29-25(26)32)21(13-23(31)30-24)15-4-3-5-16(27)10-15/h3-12,21,24H,13H2,1-2H3,(H,29,32)(H,30,31). The molecule has 5 rings (SSSR count). The monoisotopic (exact) mass is 464 g/mol. The summed E-state index contributed by atoms with van der Waals surface area (Å²) in [5.74, 6) is -0.826. The Morgan fingerprint density at radius 2 is 1.91 bits per heavy atom. The van der Waals surface area contributed by atoms with Crippen LogP contribution in [-0.4, -0.2) is 18.9 Å². The molecular weight excluding hydrogens is 443 g/mol. The number of halogens is 2. The van der Waals surface area contributed by atoms with Crippen LogP contribution in [0.3, 0.4) is 0 Å². The van der Waals surface area contributed by atoms with Crippen molar-refractivity contribution in [1.82, 2.24) is 5.32 Å². The van der Waals surface area contributed by atoms with Crippen LogP contribution in [0, 0.1) is 12.7 Å². The number of hydrogen-bond acceptors (Lipinski definition) is 3. The number of anilines is 1. The largest absolute Gasteiger partial charge is 0.497 e. The quantitative estimate of drug-likeness (QED) is 0.571. The smallest absolute Gasteiger partial charge is 0.238 e. The third-order valence-electron chi connectivity index (χ3n) is 6.80. The number of nitrogens with one attached hydrogen (secondary N) is 2. The Morgan fingerprint density at radius 1 is 1.09 bits per heavy atom. The maximum atomic E-state index is 14.4. The van der Waals surface area contributed by atoms with Gasteiger partial charge in [-0.2, -0.15) is 0 Å². The molecule has 1 spiro atoms. The first-order chi connectivity index (χ1) is 15.8. The SMILES string of the molecule is COc1ccc2c(c1)NC(=O)C21C(c2cccc(Cl)c2)CC(=O)NC1c1cc(F)ccc1C. The van der Waals surface area contributed by atoms with Gasteiger partial charge in [0, 0.05) is 29.1 Å². The first-order valence-electron chi connectivity index (χ1n) is 10.7. The fraction of sp³-hybridized carbons (Fsp3) is 0.231. The Morgan fingerprint density at radius 3 is 2.67 bits per heavy atom. The molecule has 1 fully saturated rings. The molecule has 2 N–H and O–H groups in total. The molecule has 0 bridgehead atoms. The van der Waals surface area contributed by atoms with Crippen molar-refractivity contribution in [3.05, 3.63) is 93.8 Å². The molecule has 2 aliphatic heterocycles. The van der Waals surface area contributed by atoms with Crippen molar-refractivity contribution in [1.29, 1.82) is 0 Å². The van der Waals surface area contributed by atoms with Gasteiger partial charge in [0.15, 0.2) is 0 Å². The second kappa shape index (κ2) is 7.89. The van der Waals surface area contributed by atoms with Crippen LogP contribution < -0.4 is 15.4 Å². The number of fused-ring (bicyclic) bond motifs is 2. The lowest BCUT2D eigenvalue weighted by atomic mass is 9.59. The number of ether oxygens (including phenoxy) is 1. The van der Waals surface area contributed by atoms with E-state index >= 15 is 0 Å². The molecule has 3 aromatic rings. The van der Waals surface area contributed by atoms with E-state index in [-0.39, 0.29) is 18.2 Å². The summed E-state index contributed by atoms with van der Waals surface area (Å²) in [5, 5.41) is 6.53. The molecule has 2 amide bonds. The third kappa shape index (κ3) is 3.28. The van der Waals surface area contributed by atoms with Crippen LogP contribution in [-0.2, 0) is 15.0 Å². The summed E-state index contributed by atoms with van der Waals surface area (Å²) in [6, 6.07) is 16.3. The summed E-state index contributed by atoms with van der Waals surface area (Å²) >= 11 is 6.30. The maximum absolute atomic E-state index is 14.4. The number of methoxy groups -OCH3 is 1. The molecule has 33 heavy (non-hydrogen) atoms. The minimum absolute atomic E-state index is 0.0874.